The van der Waals surface area contributed by atoms with Crippen molar-refractivity contribution in [2.75, 3.05) is 7.05 Å². The van der Waals surface area contributed by atoms with Gasteiger partial charge in [-0.05, 0) is 26.0 Å². The SMILES string of the molecule is CCCn1cc(Oc2ccccc2C(CC)NC)cn1. The van der Waals surface area contributed by atoms with Gasteiger partial charge in [0.05, 0.1) is 12.4 Å². The van der Waals surface area contributed by atoms with Gasteiger partial charge >= 0.3 is 0 Å². The van der Waals surface area contributed by atoms with E-state index in [0.29, 0.717) is 6.04 Å². The van der Waals surface area contributed by atoms with Crippen LogP contribution in [0.3, 0.4) is 0 Å². The molecule has 0 radical (unpaired) electrons. The van der Waals surface area contributed by atoms with Crippen LogP contribution in [0.1, 0.15) is 38.3 Å². The third-order valence-corrected chi connectivity index (χ3v) is 3.34. The zero-order valence-corrected chi connectivity index (χ0v) is 12.5. The first-order valence-corrected chi connectivity index (χ1v) is 7.25. The molecule has 1 unspecified atom stereocenters. The molecule has 108 valence electrons. The van der Waals surface area contributed by atoms with Crippen LogP contribution >= 0.6 is 0 Å². The van der Waals surface area contributed by atoms with Crippen LogP contribution in [0.15, 0.2) is 36.7 Å². The Morgan fingerprint density at radius 2 is 2.10 bits per heavy atom. The molecule has 4 nitrogen and oxygen atoms in total. The number of benzene rings is 1. The number of hydrogen-bond acceptors (Lipinski definition) is 3. The molecule has 1 atom stereocenters. The van der Waals surface area contributed by atoms with Gasteiger partial charge < -0.3 is 10.1 Å². The van der Waals surface area contributed by atoms with Crippen molar-refractivity contribution < 1.29 is 4.74 Å². The molecule has 0 saturated carbocycles. The first-order chi connectivity index (χ1) is 9.78. The van der Waals surface area contributed by atoms with Crippen molar-refractivity contribution in [3.05, 3.63) is 42.2 Å². The number of nitrogens with zero attached hydrogens (tertiary/aromatic N) is 2. The summed E-state index contributed by atoms with van der Waals surface area (Å²) in [5.74, 6) is 1.68. The molecule has 1 aromatic carbocycles. The Kier molecular flexibility index (Phi) is 5.18. The quantitative estimate of drug-likeness (QED) is 0.835. The summed E-state index contributed by atoms with van der Waals surface area (Å²) >= 11 is 0. The average molecular weight is 273 g/mol. The van der Waals surface area contributed by atoms with E-state index in [9.17, 15) is 0 Å². The maximum Gasteiger partial charge on any atom is 0.165 e. The van der Waals surface area contributed by atoms with Crippen LogP contribution < -0.4 is 10.1 Å². The monoisotopic (exact) mass is 273 g/mol. The van der Waals surface area contributed by atoms with E-state index in [0.717, 1.165) is 30.9 Å². The lowest BCUT2D eigenvalue weighted by Crippen LogP contribution is -2.15. The van der Waals surface area contributed by atoms with Crippen molar-refractivity contribution in [2.24, 2.45) is 0 Å². The average Bonchev–Trinajstić information content (AvgIpc) is 2.90. The Bertz CT molecular complexity index is 532. The van der Waals surface area contributed by atoms with Crippen LogP contribution in [0.4, 0.5) is 0 Å². The molecule has 1 N–H and O–H groups in total. The third-order valence-electron chi connectivity index (χ3n) is 3.34. The second kappa shape index (κ2) is 7.10. The van der Waals surface area contributed by atoms with Gasteiger partial charge in [-0.3, -0.25) is 4.68 Å². The summed E-state index contributed by atoms with van der Waals surface area (Å²) in [4.78, 5) is 0. The summed E-state index contributed by atoms with van der Waals surface area (Å²) in [5, 5.41) is 7.61. The largest absolute Gasteiger partial charge is 0.454 e. The van der Waals surface area contributed by atoms with E-state index < -0.39 is 0 Å². The molecule has 0 aliphatic rings. The summed E-state index contributed by atoms with van der Waals surface area (Å²) in [5.41, 5.74) is 1.18. The van der Waals surface area contributed by atoms with Crippen molar-refractivity contribution in [2.45, 2.75) is 39.3 Å². The molecule has 0 fully saturated rings. The van der Waals surface area contributed by atoms with E-state index in [1.54, 1.807) is 6.20 Å². The Hall–Kier alpha value is -1.81. The van der Waals surface area contributed by atoms with Gasteiger partial charge in [-0.2, -0.15) is 5.10 Å². The van der Waals surface area contributed by atoms with Crippen LogP contribution in [0.2, 0.25) is 0 Å². The van der Waals surface area contributed by atoms with Crippen LogP contribution in [-0.2, 0) is 6.54 Å². The molecule has 0 amide bonds. The summed E-state index contributed by atoms with van der Waals surface area (Å²) in [6, 6.07) is 8.46. The molecular formula is C16H23N3O. The molecule has 4 heteroatoms. The molecule has 0 saturated heterocycles. The Labute approximate surface area is 120 Å². The summed E-state index contributed by atoms with van der Waals surface area (Å²) in [6.07, 6.45) is 5.80. The number of aryl methyl sites for hydroxylation is 1. The van der Waals surface area contributed by atoms with Gasteiger partial charge in [-0.1, -0.05) is 32.0 Å². The maximum absolute atomic E-state index is 6.00. The van der Waals surface area contributed by atoms with Crippen molar-refractivity contribution in [1.29, 1.82) is 0 Å². The molecule has 0 aliphatic carbocycles. The highest BCUT2D eigenvalue weighted by Crippen LogP contribution is 2.30. The zero-order chi connectivity index (χ0) is 14.4. The first kappa shape index (κ1) is 14.6. The standard InChI is InChI=1S/C16H23N3O/c1-4-10-19-12-13(11-18-19)20-16-9-7-6-8-14(16)15(5-2)17-3/h6-9,11-12,15,17H,4-5,10H2,1-3H3. The van der Waals surface area contributed by atoms with E-state index in [4.69, 9.17) is 4.74 Å². The highest BCUT2D eigenvalue weighted by atomic mass is 16.5. The maximum atomic E-state index is 6.00. The lowest BCUT2D eigenvalue weighted by atomic mass is 10.0. The van der Waals surface area contributed by atoms with Gasteiger partial charge in [-0.25, -0.2) is 0 Å². The minimum Gasteiger partial charge on any atom is -0.454 e. The number of nitrogens with one attached hydrogen (secondary N) is 1. The minimum atomic E-state index is 0.303. The second-order valence-electron chi connectivity index (χ2n) is 4.83. The van der Waals surface area contributed by atoms with E-state index in [1.807, 2.05) is 36.1 Å². The topological polar surface area (TPSA) is 39.1 Å². The van der Waals surface area contributed by atoms with E-state index >= 15 is 0 Å². The van der Waals surface area contributed by atoms with Crippen molar-refractivity contribution in [3.8, 4) is 11.5 Å². The molecule has 1 heterocycles. The van der Waals surface area contributed by atoms with Gasteiger partial charge in [0.15, 0.2) is 5.75 Å². The van der Waals surface area contributed by atoms with Gasteiger partial charge in [-0.15, -0.1) is 0 Å². The van der Waals surface area contributed by atoms with Crippen molar-refractivity contribution in [1.82, 2.24) is 15.1 Å². The van der Waals surface area contributed by atoms with Gasteiger partial charge in [0.2, 0.25) is 0 Å². The molecule has 1 aromatic heterocycles. The molecule has 2 rings (SSSR count). The summed E-state index contributed by atoms with van der Waals surface area (Å²) in [7, 11) is 1.98. The summed E-state index contributed by atoms with van der Waals surface area (Å²) in [6.45, 7) is 5.21. The van der Waals surface area contributed by atoms with Gasteiger partial charge in [0.25, 0.3) is 0 Å². The molecule has 0 aliphatic heterocycles. The first-order valence-electron chi connectivity index (χ1n) is 7.25. The van der Waals surface area contributed by atoms with Crippen molar-refractivity contribution >= 4 is 0 Å². The van der Waals surface area contributed by atoms with Crippen LogP contribution in [0.25, 0.3) is 0 Å². The van der Waals surface area contributed by atoms with E-state index in [1.165, 1.54) is 5.56 Å². The Balaban J connectivity index is 2.19. The lowest BCUT2D eigenvalue weighted by Gasteiger charge is -2.17. The predicted octanol–water partition coefficient (Wildman–Crippen LogP) is 3.76. The highest BCUT2D eigenvalue weighted by molar-refractivity contribution is 5.38. The normalized spacial score (nSPS) is 12.3. The molecule has 0 bridgehead atoms. The fourth-order valence-electron chi connectivity index (χ4n) is 2.32. The van der Waals surface area contributed by atoms with Crippen LogP contribution in [0, 0.1) is 0 Å². The number of rotatable bonds is 7. The van der Waals surface area contributed by atoms with E-state index in [2.05, 4.69) is 30.3 Å². The van der Waals surface area contributed by atoms with Gasteiger partial charge in [0, 0.05) is 18.2 Å². The highest BCUT2D eigenvalue weighted by Gasteiger charge is 2.13. The Morgan fingerprint density at radius 1 is 1.30 bits per heavy atom. The third kappa shape index (κ3) is 3.39. The molecule has 0 spiro atoms. The van der Waals surface area contributed by atoms with E-state index in [-0.39, 0.29) is 0 Å². The van der Waals surface area contributed by atoms with Crippen molar-refractivity contribution in [3.63, 3.8) is 0 Å². The number of ether oxygens (including phenoxy) is 1. The molecular weight excluding hydrogens is 250 g/mol. The predicted molar refractivity (Wildman–Crippen MR) is 81.1 cm³/mol. The zero-order valence-electron chi connectivity index (χ0n) is 12.5. The fraction of sp³-hybridized carbons (Fsp3) is 0.438. The molecule has 20 heavy (non-hydrogen) atoms. The number of aromatic nitrogens is 2. The van der Waals surface area contributed by atoms with Crippen LogP contribution in [-0.4, -0.2) is 16.8 Å². The number of para-hydroxylation sites is 1. The van der Waals surface area contributed by atoms with Crippen LogP contribution in [0.5, 0.6) is 11.5 Å². The summed E-state index contributed by atoms with van der Waals surface area (Å²) < 4.78 is 7.91. The molecule has 2 aromatic rings. The van der Waals surface area contributed by atoms with Gasteiger partial charge in [0.1, 0.15) is 5.75 Å². The second-order valence-corrected chi connectivity index (χ2v) is 4.83. The lowest BCUT2D eigenvalue weighted by molar-refractivity contribution is 0.457. The smallest absolute Gasteiger partial charge is 0.165 e. The fourth-order valence-corrected chi connectivity index (χ4v) is 2.32. The number of hydrogen-bond donors (Lipinski definition) is 1. The minimum absolute atomic E-state index is 0.303. The Morgan fingerprint density at radius 3 is 2.80 bits per heavy atom.